The fourth-order valence-electron chi connectivity index (χ4n) is 5.32. The lowest BCUT2D eigenvalue weighted by Crippen LogP contribution is -2.30. The first-order chi connectivity index (χ1) is 21.8. The standard InChI is InChI=1S/C34H31F2N5O4/c1-4-45-34(43)27-20-40(19-26-28(35)9-7-10-29(26)36)32-25(18-37)31(22-11-13-24(44-3)14-12-22)30(41(32)33(27)42)21-39(2)17-15-23-8-5-6-16-38-23/h5-14,16,20H,4,15,17,19,21H2,1-3H3. The predicted molar refractivity (Wildman–Crippen MR) is 164 cm³/mol. The van der Waals surface area contributed by atoms with E-state index in [-0.39, 0.29) is 35.5 Å². The SMILES string of the molecule is CCOC(=O)c1cn(Cc2c(F)cccc2F)c2c(C#N)c(-c3ccc(OC)cc3)c(CN(C)CCc3ccccn3)n2c1=O. The number of halogens is 2. The van der Waals surface area contributed by atoms with Crippen LogP contribution in [0.15, 0.2) is 77.9 Å². The van der Waals surface area contributed by atoms with E-state index in [0.29, 0.717) is 35.5 Å². The van der Waals surface area contributed by atoms with Crippen molar-refractivity contribution in [3.05, 3.63) is 123 Å². The fourth-order valence-corrected chi connectivity index (χ4v) is 5.32. The van der Waals surface area contributed by atoms with Gasteiger partial charge in [-0.25, -0.2) is 13.6 Å². The summed E-state index contributed by atoms with van der Waals surface area (Å²) in [6, 6.07) is 18.4. The summed E-state index contributed by atoms with van der Waals surface area (Å²) in [6.45, 7) is 1.96. The van der Waals surface area contributed by atoms with Crippen LogP contribution in [0.5, 0.6) is 5.75 Å². The van der Waals surface area contributed by atoms with Gasteiger partial charge in [-0.15, -0.1) is 0 Å². The van der Waals surface area contributed by atoms with Gasteiger partial charge < -0.3 is 18.9 Å². The minimum Gasteiger partial charge on any atom is -0.497 e. The van der Waals surface area contributed by atoms with Crippen LogP contribution in [0.4, 0.5) is 8.78 Å². The van der Waals surface area contributed by atoms with Crippen molar-refractivity contribution in [2.45, 2.75) is 26.4 Å². The van der Waals surface area contributed by atoms with E-state index in [2.05, 4.69) is 11.1 Å². The zero-order chi connectivity index (χ0) is 32.1. The fraction of sp³-hybridized carbons (Fsp3) is 0.235. The van der Waals surface area contributed by atoms with E-state index in [4.69, 9.17) is 9.47 Å². The average Bonchev–Trinajstić information content (AvgIpc) is 3.37. The first-order valence-corrected chi connectivity index (χ1v) is 14.3. The third-order valence-corrected chi connectivity index (χ3v) is 7.51. The van der Waals surface area contributed by atoms with Crippen LogP contribution in [0.1, 0.15) is 39.8 Å². The highest BCUT2D eigenvalue weighted by Crippen LogP contribution is 2.34. The quantitative estimate of drug-likeness (QED) is 0.189. The summed E-state index contributed by atoms with van der Waals surface area (Å²) in [5.41, 5.74) is 1.25. The Labute approximate surface area is 258 Å². The number of pyridine rings is 1. The Morgan fingerprint density at radius 2 is 1.80 bits per heavy atom. The Balaban J connectivity index is 1.78. The number of fused-ring (bicyclic) bond motifs is 1. The molecule has 0 aliphatic heterocycles. The third kappa shape index (κ3) is 6.32. The maximum Gasteiger partial charge on any atom is 0.345 e. The number of methoxy groups -OCH3 is 1. The van der Waals surface area contributed by atoms with Crippen molar-refractivity contribution in [3.63, 3.8) is 0 Å². The molecule has 0 radical (unpaired) electrons. The molecule has 230 valence electrons. The molecule has 9 nitrogen and oxygen atoms in total. The minimum atomic E-state index is -0.889. The van der Waals surface area contributed by atoms with E-state index in [0.717, 1.165) is 17.8 Å². The lowest BCUT2D eigenvalue weighted by atomic mass is 10.0. The number of rotatable bonds is 11. The van der Waals surface area contributed by atoms with Crippen LogP contribution in [-0.4, -0.2) is 52.1 Å². The van der Waals surface area contributed by atoms with Crippen molar-refractivity contribution >= 4 is 11.6 Å². The Hall–Kier alpha value is -5.34. The summed E-state index contributed by atoms with van der Waals surface area (Å²) in [4.78, 5) is 33.5. The predicted octanol–water partition coefficient (Wildman–Crippen LogP) is 5.22. The number of nitrogens with zero attached hydrogens (tertiary/aromatic N) is 5. The molecule has 0 amide bonds. The number of carbonyl (C=O) groups is 1. The second kappa shape index (κ2) is 13.5. The molecule has 0 aliphatic carbocycles. The highest BCUT2D eigenvalue weighted by atomic mass is 19.1. The molecule has 3 aromatic heterocycles. The lowest BCUT2D eigenvalue weighted by Gasteiger charge is -2.19. The van der Waals surface area contributed by atoms with Crippen LogP contribution in [0.25, 0.3) is 16.8 Å². The molecule has 5 aromatic rings. The topological polar surface area (TPSA) is 102 Å². The molecule has 0 saturated carbocycles. The first kappa shape index (κ1) is 31.1. The van der Waals surface area contributed by atoms with Crippen molar-refractivity contribution in [1.82, 2.24) is 18.9 Å². The number of aromatic nitrogens is 3. The summed E-state index contributed by atoms with van der Waals surface area (Å²) < 4.78 is 42.9. The summed E-state index contributed by atoms with van der Waals surface area (Å²) in [5, 5.41) is 10.6. The zero-order valence-corrected chi connectivity index (χ0v) is 25.1. The van der Waals surface area contributed by atoms with Crippen LogP contribution in [0, 0.1) is 23.0 Å². The van der Waals surface area contributed by atoms with E-state index < -0.39 is 29.7 Å². The zero-order valence-electron chi connectivity index (χ0n) is 25.1. The van der Waals surface area contributed by atoms with Gasteiger partial charge in [-0.3, -0.25) is 14.2 Å². The van der Waals surface area contributed by atoms with E-state index in [1.54, 1.807) is 37.4 Å². The smallest absolute Gasteiger partial charge is 0.345 e. The minimum absolute atomic E-state index is 0.00753. The Bertz CT molecular complexity index is 1930. The molecule has 45 heavy (non-hydrogen) atoms. The summed E-state index contributed by atoms with van der Waals surface area (Å²) >= 11 is 0. The second-order valence-electron chi connectivity index (χ2n) is 10.4. The molecule has 2 aromatic carbocycles. The number of carbonyl (C=O) groups excluding carboxylic acids is 1. The molecule has 11 heteroatoms. The van der Waals surface area contributed by atoms with Crippen LogP contribution in [0.3, 0.4) is 0 Å². The van der Waals surface area contributed by atoms with E-state index in [1.165, 1.54) is 28.3 Å². The number of benzene rings is 2. The van der Waals surface area contributed by atoms with Crippen LogP contribution in [-0.2, 0) is 24.2 Å². The molecule has 0 bridgehead atoms. The largest absolute Gasteiger partial charge is 0.497 e. The van der Waals surface area contributed by atoms with Gasteiger partial charge in [0.05, 0.1) is 26.0 Å². The number of esters is 1. The van der Waals surface area contributed by atoms with Crippen molar-refractivity contribution in [2.75, 3.05) is 27.3 Å². The third-order valence-electron chi connectivity index (χ3n) is 7.51. The molecule has 0 saturated heterocycles. The van der Waals surface area contributed by atoms with Gasteiger partial charge in [-0.05, 0) is 55.9 Å². The van der Waals surface area contributed by atoms with Gasteiger partial charge in [-0.1, -0.05) is 24.3 Å². The van der Waals surface area contributed by atoms with Gasteiger partial charge in [0.15, 0.2) is 0 Å². The lowest BCUT2D eigenvalue weighted by molar-refractivity contribution is 0.0523. The Morgan fingerprint density at radius 3 is 2.42 bits per heavy atom. The van der Waals surface area contributed by atoms with Crippen molar-refractivity contribution in [1.29, 1.82) is 5.26 Å². The number of hydrogen-bond donors (Lipinski definition) is 0. The van der Waals surface area contributed by atoms with E-state index in [9.17, 15) is 23.6 Å². The maximum absolute atomic E-state index is 14.9. The normalized spacial score (nSPS) is 11.1. The average molecular weight is 612 g/mol. The molecule has 0 spiro atoms. The summed E-state index contributed by atoms with van der Waals surface area (Å²) in [7, 11) is 3.41. The molecular weight excluding hydrogens is 580 g/mol. The van der Waals surface area contributed by atoms with Gasteiger partial charge in [-0.2, -0.15) is 5.26 Å². The van der Waals surface area contributed by atoms with Crippen molar-refractivity contribution in [3.8, 4) is 22.9 Å². The monoisotopic (exact) mass is 611 g/mol. The van der Waals surface area contributed by atoms with Crippen LogP contribution < -0.4 is 10.3 Å². The molecule has 0 fully saturated rings. The molecule has 0 aliphatic rings. The first-order valence-electron chi connectivity index (χ1n) is 14.3. The maximum atomic E-state index is 14.9. The molecule has 5 rings (SSSR count). The van der Waals surface area contributed by atoms with Gasteiger partial charge in [0.2, 0.25) is 0 Å². The van der Waals surface area contributed by atoms with Crippen LogP contribution >= 0.6 is 0 Å². The number of likely N-dealkylation sites (N-methyl/N-ethyl adjacent to an activating group) is 1. The number of ether oxygens (including phenoxy) is 2. The highest BCUT2D eigenvalue weighted by molar-refractivity contribution is 5.90. The number of hydrogen-bond acceptors (Lipinski definition) is 7. The van der Waals surface area contributed by atoms with Gasteiger partial charge >= 0.3 is 5.97 Å². The molecule has 0 atom stereocenters. The van der Waals surface area contributed by atoms with E-state index in [1.807, 2.05) is 30.1 Å². The second-order valence-corrected chi connectivity index (χ2v) is 10.4. The van der Waals surface area contributed by atoms with Crippen molar-refractivity contribution < 1.29 is 23.0 Å². The number of nitriles is 1. The van der Waals surface area contributed by atoms with Gasteiger partial charge in [0.25, 0.3) is 5.56 Å². The molecular formula is C34H31F2N5O4. The molecule has 0 unspecified atom stereocenters. The van der Waals surface area contributed by atoms with Crippen LogP contribution in [0.2, 0.25) is 0 Å². The van der Waals surface area contributed by atoms with E-state index >= 15 is 0 Å². The Morgan fingerprint density at radius 1 is 1.07 bits per heavy atom. The highest BCUT2D eigenvalue weighted by Gasteiger charge is 2.28. The summed E-state index contributed by atoms with van der Waals surface area (Å²) in [6.07, 6.45) is 3.54. The molecule has 3 heterocycles. The van der Waals surface area contributed by atoms with Crippen molar-refractivity contribution in [2.24, 2.45) is 0 Å². The Kier molecular flexibility index (Phi) is 9.35. The van der Waals surface area contributed by atoms with Gasteiger partial charge in [0, 0.05) is 48.7 Å². The van der Waals surface area contributed by atoms with Gasteiger partial charge in [0.1, 0.15) is 40.2 Å². The summed E-state index contributed by atoms with van der Waals surface area (Å²) in [5.74, 6) is -1.91. The molecule has 0 N–H and O–H groups in total.